The van der Waals surface area contributed by atoms with E-state index in [1.165, 1.54) is 0 Å². The van der Waals surface area contributed by atoms with Crippen molar-refractivity contribution in [2.45, 2.75) is 72.4 Å². The van der Waals surface area contributed by atoms with Gasteiger partial charge in [0.1, 0.15) is 5.78 Å². The van der Waals surface area contributed by atoms with Crippen molar-refractivity contribution in [2.24, 2.45) is 5.41 Å². The number of hydrogen-bond donors (Lipinski definition) is 0. The van der Waals surface area contributed by atoms with Gasteiger partial charge in [0.15, 0.2) is 0 Å². The Morgan fingerprint density at radius 2 is 1.47 bits per heavy atom. The maximum Gasteiger partial charge on any atom is 0.141 e. The third-order valence-electron chi connectivity index (χ3n) is 3.84. The molecule has 0 spiro atoms. The predicted molar refractivity (Wildman–Crippen MR) is 81.5 cm³/mol. The first kappa shape index (κ1) is 18.6. The van der Waals surface area contributed by atoms with Crippen LogP contribution in [0, 0.1) is 5.41 Å². The van der Waals surface area contributed by atoms with Crippen LogP contribution in [-0.4, -0.2) is 42.5 Å². The molecule has 0 amide bonds. The van der Waals surface area contributed by atoms with E-state index < -0.39 is 0 Å². The van der Waals surface area contributed by atoms with Gasteiger partial charge in [-0.2, -0.15) is 0 Å². The van der Waals surface area contributed by atoms with E-state index in [1.807, 2.05) is 34.6 Å². The Bertz CT molecular complexity index is 298. The van der Waals surface area contributed by atoms with Crippen molar-refractivity contribution >= 4 is 5.78 Å². The second-order valence-electron chi connectivity index (χ2n) is 7.91. The number of nitrogens with zero attached hydrogens (tertiary/aromatic N) is 1. The number of ether oxygens (including phenoxy) is 1. The Morgan fingerprint density at radius 1 is 1.00 bits per heavy atom. The Balaban J connectivity index is 4.29. The monoisotopic (exact) mass is 271 g/mol. The van der Waals surface area contributed by atoms with Gasteiger partial charge in [0, 0.05) is 24.0 Å². The van der Waals surface area contributed by atoms with Crippen molar-refractivity contribution in [3.05, 3.63) is 0 Å². The fourth-order valence-electron chi connectivity index (χ4n) is 1.50. The van der Waals surface area contributed by atoms with Crippen molar-refractivity contribution in [2.75, 3.05) is 20.7 Å². The van der Waals surface area contributed by atoms with Gasteiger partial charge >= 0.3 is 0 Å². The normalized spacial score (nSPS) is 14.0. The van der Waals surface area contributed by atoms with Crippen LogP contribution in [0.3, 0.4) is 0 Å². The third kappa shape index (κ3) is 7.07. The van der Waals surface area contributed by atoms with Crippen LogP contribution >= 0.6 is 0 Å². The van der Waals surface area contributed by atoms with Crippen LogP contribution in [0.25, 0.3) is 0 Å². The Labute approximate surface area is 119 Å². The molecular formula is C16H33NO2. The van der Waals surface area contributed by atoms with Crippen LogP contribution < -0.4 is 0 Å². The fourth-order valence-corrected chi connectivity index (χ4v) is 1.50. The van der Waals surface area contributed by atoms with Crippen molar-refractivity contribution < 1.29 is 9.53 Å². The molecule has 0 heterocycles. The van der Waals surface area contributed by atoms with Crippen LogP contribution in [0.15, 0.2) is 0 Å². The number of hydrogen-bond acceptors (Lipinski definition) is 3. The lowest BCUT2D eigenvalue weighted by Gasteiger charge is -2.34. The predicted octanol–water partition coefficient (Wildman–Crippen LogP) is 3.52. The quantitative estimate of drug-likeness (QED) is 0.709. The van der Waals surface area contributed by atoms with E-state index in [0.717, 1.165) is 6.42 Å². The summed E-state index contributed by atoms with van der Waals surface area (Å²) >= 11 is 0. The maximum absolute atomic E-state index is 12.1. The summed E-state index contributed by atoms with van der Waals surface area (Å²) in [6.45, 7) is 14.9. The smallest absolute Gasteiger partial charge is 0.141 e. The number of ketones is 1. The van der Waals surface area contributed by atoms with Crippen LogP contribution in [0.1, 0.15) is 61.3 Å². The lowest BCUT2D eigenvalue weighted by Crippen LogP contribution is -2.40. The van der Waals surface area contributed by atoms with Crippen molar-refractivity contribution in [3.8, 4) is 0 Å². The first-order valence-corrected chi connectivity index (χ1v) is 7.13. The molecular weight excluding hydrogens is 238 g/mol. The summed E-state index contributed by atoms with van der Waals surface area (Å²) in [7, 11) is 4.16. The van der Waals surface area contributed by atoms with E-state index in [-0.39, 0.29) is 22.3 Å². The molecule has 0 aromatic carbocycles. The van der Waals surface area contributed by atoms with Gasteiger partial charge in [-0.25, -0.2) is 0 Å². The summed E-state index contributed by atoms with van der Waals surface area (Å²) in [6.07, 6.45) is 1.42. The molecule has 3 nitrogen and oxygen atoms in total. The molecule has 0 saturated carbocycles. The summed E-state index contributed by atoms with van der Waals surface area (Å²) in [6, 6.07) is 0. The zero-order valence-corrected chi connectivity index (χ0v) is 14.4. The highest BCUT2D eigenvalue weighted by Crippen LogP contribution is 2.25. The van der Waals surface area contributed by atoms with Gasteiger partial charge < -0.3 is 9.64 Å². The molecule has 3 heteroatoms. The molecule has 0 aromatic rings. The van der Waals surface area contributed by atoms with E-state index in [2.05, 4.69) is 32.8 Å². The van der Waals surface area contributed by atoms with E-state index in [4.69, 9.17) is 4.74 Å². The first-order valence-electron chi connectivity index (χ1n) is 7.13. The average Bonchev–Trinajstić information content (AvgIpc) is 2.13. The number of rotatable bonds is 7. The summed E-state index contributed by atoms with van der Waals surface area (Å²) < 4.78 is 5.93. The molecule has 0 N–H and O–H groups in total. The van der Waals surface area contributed by atoms with Gasteiger partial charge in [-0.15, -0.1) is 0 Å². The second kappa shape index (κ2) is 6.36. The van der Waals surface area contributed by atoms with E-state index in [9.17, 15) is 4.79 Å². The van der Waals surface area contributed by atoms with Gasteiger partial charge in [0.05, 0.1) is 5.60 Å². The zero-order valence-electron chi connectivity index (χ0n) is 14.4. The number of carbonyl (C=O) groups is 1. The van der Waals surface area contributed by atoms with Crippen molar-refractivity contribution in [3.63, 3.8) is 0 Å². The minimum Gasteiger partial charge on any atom is -0.375 e. The van der Waals surface area contributed by atoms with Gasteiger partial charge in [0.2, 0.25) is 0 Å². The molecule has 0 atom stereocenters. The number of carbonyl (C=O) groups excluding carboxylic acids is 1. The highest BCUT2D eigenvalue weighted by Gasteiger charge is 2.30. The van der Waals surface area contributed by atoms with Crippen LogP contribution in [0.5, 0.6) is 0 Å². The maximum atomic E-state index is 12.1. The molecule has 0 aromatic heterocycles. The molecule has 114 valence electrons. The highest BCUT2D eigenvalue weighted by atomic mass is 16.5. The Morgan fingerprint density at radius 3 is 1.84 bits per heavy atom. The Hall–Kier alpha value is -0.410. The minimum atomic E-state index is -0.382. The van der Waals surface area contributed by atoms with Crippen LogP contribution in [-0.2, 0) is 9.53 Å². The summed E-state index contributed by atoms with van der Waals surface area (Å²) in [5, 5.41) is 0. The van der Waals surface area contributed by atoms with E-state index in [1.54, 1.807) is 0 Å². The lowest BCUT2D eigenvalue weighted by molar-refractivity contribution is -0.133. The molecule has 19 heavy (non-hydrogen) atoms. The van der Waals surface area contributed by atoms with Crippen molar-refractivity contribution in [1.29, 1.82) is 0 Å². The molecule has 0 aliphatic heterocycles. The number of Topliss-reactive ketones (excluding diaryl/α,β-unsaturated/α-hetero) is 1. The largest absolute Gasteiger partial charge is 0.375 e. The SMILES string of the molecule is CN(C)C(C)(C)CCOC(C)(C)CC(=O)C(C)(C)C. The van der Waals surface area contributed by atoms with Crippen molar-refractivity contribution in [1.82, 2.24) is 4.90 Å². The Kier molecular flexibility index (Phi) is 6.22. The molecule has 0 unspecified atom stereocenters. The highest BCUT2D eigenvalue weighted by molar-refractivity contribution is 5.84. The zero-order chi connectivity index (χ0) is 15.5. The molecule has 0 aliphatic rings. The summed E-state index contributed by atoms with van der Waals surface area (Å²) in [5.41, 5.74) is -0.555. The minimum absolute atomic E-state index is 0.115. The second-order valence-corrected chi connectivity index (χ2v) is 7.91. The first-order chi connectivity index (χ1) is 8.28. The van der Waals surface area contributed by atoms with Crippen LogP contribution in [0.4, 0.5) is 0 Å². The molecule has 0 aliphatic carbocycles. The topological polar surface area (TPSA) is 29.5 Å². The third-order valence-corrected chi connectivity index (χ3v) is 3.84. The van der Waals surface area contributed by atoms with Gasteiger partial charge in [-0.3, -0.25) is 4.79 Å². The summed E-state index contributed by atoms with van der Waals surface area (Å²) in [4.78, 5) is 14.3. The molecule has 0 saturated heterocycles. The molecule has 0 bridgehead atoms. The fraction of sp³-hybridized carbons (Fsp3) is 0.938. The van der Waals surface area contributed by atoms with Gasteiger partial charge in [-0.1, -0.05) is 20.8 Å². The van der Waals surface area contributed by atoms with Crippen LogP contribution in [0.2, 0.25) is 0 Å². The van der Waals surface area contributed by atoms with E-state index in [0.29, 0.717) is 13.0 Å². The summed E-state index contributed by atoms with van der Waals surface area (Å²) in [5.74, 6) is 0.254. The molecule has 0 radical (unpaired) electrons. The molecule has 0 fully saturated rings. The van der Waals surface area contributed by atoms with E-state index >= 15 is 0 Å². The average molecular weight is 271 g/mol. The molecule has 0 rings (SSSR count). The lowest BCUT2D eigenvalue weighted by atomic mass is 9.84. The standard InChI is InChI=1S/C16H33NO2/c1-14(2,3)13(18)12-16(6,7)19-11-10-15(4,5)17(8)9/h10-12H2,1-9H3. The van der Waals surface area contributed by atoms with Gasteiger partial charge in [0.25, 0.3) is 0 Å². The van der Waals surface area contributed by atoms with Gasteiger partial charge in [-0.05, 0) is 48.2 Å².